The van der Waals surface area contributed by atoms with Gasteiger partial charge in [-0.3, -0.25) is 4.90 Å². The van der Waals surface area contributed by atoms with Gasteiger partial charge in [-0.2, -0.15) is 0 Å². The fourth-order valence-corrected chi connectivity index (χ4v) is 3.44. The minimum absolute atomic E-state index is 0.347. The van der Waals surface area contributed by atoms with E-state index in [4.69, 9.17) is 4.74 Å². The number of phenolic OH excluding ortho intramolecular Hbond substituents is 1. The van der Waals surface area contributed by atoms with Gasteiger partial charge in [0, 0.05) is 45.4 Å². The van der Waals surface area contributed by atoms with Crippen molar-refractivity contribution in [1.29, 1.82) is 0 Å². The Morgan fingerprint density at radius 2 is 1.75 bits per heavy atom. The van der Waals surface area contributed by atoms with Crippen molar-refractivity contribution in [3.05, 3.63) is 29.8 Å². The van der Waals surface area contributed by atoms with Gasteiger partial charge < -0.3 is 15.2 Å². The average molecular weight is 276 g/mol. The molecule has 4 heteroatoms. The fourth-order valence-electron chi connectivity index (χ4n) is 3.44. The molecule has 0 aromatic heterocycles. The number of benzene rings is 1. The van der Waals surface area contributed by atoms with E-state index in [0.29, 0.717) is 17.7 Å². The van der Waals surface area contributed by atoms with E-state index in [9.17, 15) is 5.11 Å². The van der Waals surface area contributed by atoms with E-state index in [1.807, 2.05) is 12.1 Å². The minimum Gasteiger partial charge on any atom is -0.508 e. The summed E-state index contributed by atoms with van der Waals surface area (Å²) in [7, 11) is 0. The lowest BCUT2D eigenvalue weighted by molar-refractivity contribution is 0.0213. The van der Waals surface area contributed by atoms with Crippen molar-refractivity contribution in [3.63, 3.8) is 0 Å². The van der Waals surface area contributed by atoms with E-state index in [1.165, 1.54) is 5.56 Å². The molecule has 0 spiro atoms. The van der Waals surface area contributed by atoms with Crippen molar-refractivity contribution in [2.24, 2.45) is 5.92 Å². The van der Waals surface area contributed by atoms with Crippen LogP contribution in [0.1, 0.15) is 24.4 Å². The third-order valence-electron chi connectivity index (χ3n) is 4.49. The van der Waals surface area contributed by atoms with Crippen LogP contribution in [0.5, 0.6) is 5.75 Å². The molecule has 0 amide bonds. The lowest BCUT2D eigenvalue weighted by Crippen LogP contribution is -2.47. The van der Waals surface area contributed by atoms with E-state index < -0.39 is 0 Å². The number of phenols is 1. The van der Waals surface area contributed by atoms with Crippen LogP contribution < -0.4 is 5.32 Å². The van der Waals surface area contributed by atoms with Crippen LogP contribution in [-0.4, -0.2) is 49.4 Å². The Bertz CT molecular complexity index is 391. The standard InChI is InChI=1S/C16H24N2O2/c19-15-3-1-13(2-4-15)16(14-5-11-20-12-6-14)18-9-7-17-8-10-18/h1-4,14,16-17,19H,5-12H2/t16-/m0/s1. The van der Waals surface area contributed by atoms with Crippen LogP contribution in [0.4, 0.5) is 0 Å². The fraction of sp³-hybridized carbons (Fsp3) is 0.625. The van der Waals surface area contributed by atoms with Crippen molar-refractivity contribution in [2.75, 3.05) is 39.4 Å². The summed E-state index contributed by atoms with van der Waals surface area (Å²) in [5, 5.41) is 12.9. The molecule has 0 saturated carbocycles. The van der Waals surface area contributed by atoms with Gasteiger partial charge in [0.15, 0.2) is 0 Å². The maximum absolute atomic E-state index is 9.52. The summed E-state index contributed by atoms with van der Waals surface area (Å²) in [5.74, 6) is 1.01. The topological polar surface area (TPSA) is 44.7 Å². The molecule has 1 aromatic rings. The molecule has 1 atom stereocenters. The first-order chi connectivity index (χ1) is 9.84. The van der Waals surface area contributed by atoms with Gasteiger partial charge >= 0.3 is 0 Å². The number of hydrogen-bond acceptors (Lipinski definition) is 4. The first kappa shape index (κ1) is 13.9. The zero-order valence-corrected chi connectivity index (χ0v) is 11.9. The number of piperazine rings is 1. The molecule has 0 bridgehead atoms. The number of nitrogens with one attached hydrogen (secondary N) is 1. The Kier molecular flexibility index (Phi) is 4.55. The molecule has 2 heterocycles. The summed E-state index contributed by atoms with van der Waals surface area (Å²) in [6, 6.07) is 8.24. The van der Waals surface area contributed by atoms with Gasteiger partial charge in [-0.1, -0.05) is 12.1 Å². The van der Waals surface area contributed by atoms with E-state index in [1.54, 1.807) is 0 Å². The van der Waals surface area contributed by atoms with Crippen molar-refractivity contribution in [3.8, 4) is 5.75 Å². The molecular weight excluding hydrogens is 252 g/mol. The summed E-state index contributed by atoms with van der Waals surface area (Å²) >= 11 is 0. The van der Waals surface area contributed by atoms with Gasteiger partial charge in [-0.05, 0) is 36.5 Å². The summed E-state index contributed by atoms with van der Waals surface area (Å²) < 4.78 is 5.52. The number of hydrogen-bond donors (Lipinski definition) is 2. The van der Waals surface area contributed by atoms with Crippen LogP contribution in [0.25, 0.3) is 0 Å². The highest BCUT2D eigenvalue weighted by Gasteiger charge is 2.31. The number of ether oxygens (including phenoxy) is 1. The first-order valence-electron chi connectivity index (χ1n) is 7.66. The van der Waals surface area contributed by atoms with Gasteiger partial charge in [0.05, 0.1) is 0 Å². The lowest BCUT2D eigenvalue weighted by atomic mass is 9.85. The van der Waals surface area contributed by atoms with Crippen LogP contribution >= 0.6 is 0 Å². The highest BCUT2D eigenvalue weighted by Crippen LogP contribution is 2.35. The van der Waals surface area contributed by atoms with Crippen molar-refractivity contribution >= 4 is 0 Å². The highest BCUT2D eigenvalue weighted by molar-refractivity contribution is 5.28. The number of aromatic hydroxyl groups is 1. The molecular formula is C16H24N2O2. The van der Waals surface area contributed by atoms with Crippen LogP contribution in [0, 0.1) is 5.92 Å². The normalized spacial score (nSPS) is 23.6. The molecule has 20 heavy (non-hydrogen) atoms. The summed E-state index contributed by atoms with van der Waals surface area (Å²) in [6.07, 6.45) is 2.27. The Morgan fingerprint density at radius 1 is 1.10 bits per heavy atom. The third kappa shape index (κ3) is 3.14. The van der Waals surface area contributed by atoms with Gasteiger partial charge in [-0.15, -0.1) is 0 Å². The van der Waals surface area contributed by atoms with Gasteiger partial charge in [0.1, 0.15) is 5.75 Å². The number of nitrogens with zero attached hydrogens (tertiary/aromatic N) is 1. The zero-order chi connectivity index (χ0) is 13.8. The third-order valence-corrected chi connectivity index (χ3v) is 4.49. The van der Waals surface area contributed by atoms with Crippen LogP contribution in [0.2, 0.25) is 0 Å². The second-order valence-electron chi connectivity index (χ2n) is 5.77. The van der Waals surface area contributed by atoms with E-state index in [2.05, 4.69) is 22.3 Å². The monoisotopic (exact) mass is 276 g/mol. The lowest BCUT2D eigenvalue weighted by Gasteiger charge is -2.41. The highest BCUT2D eigenvalue weighted by atomic mass is 16.5. The summed E-state index contributed by atoms with van der Waals surface area (Å²) in [5.41, 5.74) is 1.33. The molecule has 4 nitrogen and oxygen atoms in total. The second kappa shape index (κ2) is 6.57. The summed E-state index contributed by atoms with van der Waals surface area (Å²) in [4.78, 5) is 2.60. The van der Waals surface area contributed by atoms with E-state index >= 15 is 0 Å². The predicted octanol–water partition coefficient (Wildman–Crippen LogP) is 1.77. The van der Waals surface area contributed by atoms with Gasteiger partial charge in [0.2, 0.25) is 0 Å². The second-order valence-corrected chi connectivity index (χ2v) is 5.77. The Hall–Kier alpha value is -1.10. The molecule has 2 aliphatic rings. The molecule has 0 unspecified atom stereocenters. The zero-order valence-electron chi connectivity index (χ0n) is 11.9. The molecule has 3 rings (SSSR count). The Morgan fingerprint density at radius 3 is 2.40 bits per heavy atom. The van der Waals surface area contributed by atoms with Gasteiger partial charge in [-0.25, -0.2) is 0 Å². The molecule has 2 aliphatic heterocycles. The van der Waals surface area contributed by atoms with Crippen molar-refractivity contribution in [2.45, 2.75) is 18.9 Å². The maximum Gasteiger partial charge on any atom is 0.115 e. The number of rotatable bonds is 3. The van der Waals surface area contributed by atoms with Crippen LogP contribution in [0.3, 0.4) is 0 Å². The minimum atomic E-state index is 0.347. The average Bonchev–Trinajstić information content (AvgIpc) is 2.52. The SMILES string of the molecule is Oc1ccc([C@@H](C2CCOCC2)N2CCNCC2)cc1. The van der Waals surface area contributed by atoms with Crippen molar-refractivity contribution in [1.82, 2.24) is 10.2 Å². The molecule has 0 radical (unpaired) electrons. The smallest absolute Gasteiger partial charge is 0.115 e. The molecule has 1 aromatic carbocycles. The molecule has 2 saturated heterocycles. The first-order valence-corrected chi connectivity index (χ1v) is 7.66. The van der Waals surface area contributed by atoms with Crippen LogP contribution in [-0.2, 0) is 4.74 Å². The van der Waals surface area contributed by atoms with Gasteiger partial charge in [0.25, 0.3) is 0 Å². The quantitative estimate of drug-likeness (QED) is 0.883. The molecule has 110 valence electrons. The van der Waals surface area contributed by atoms with E-state index in [-0.39, 0.29) is 0 Å². The van der Waals surface area contributed by atoms with E-state index in [0.717, 1.165) is 52.2 Å². The predicted molar refractivity (Wildman–Crippen MR) is 78.8 cm³/mol. The maximum atomic E-state index is 9.52. The summed E-state index contributed by atoms with van der Waals surface area (Å²) in [6.45, 7) is 6.10. The van der Waals surface area contributed by atoms with Crippen LogP contribution in [0.15, 0.2) is 24.3 Å². The largest absolute Gasteiger partial charge is 0.508 e. The molecule has 2 N–H and O–H groups in total. The van der Waals surface area contributed by atoms with Crippen molar-refractivity contribution < 1.29 is 9.84 Å². The molecule has 0 aliphatic carbocycles. The Labute approximate surface area is 120 Å². The Balaban J connectivity index is 1.83. The molecule has 2 fully saturated rings.